The summed E-state index contributed by atoms with van der Waals surface area (Å²) in [6.45, 7) is 6.49. The number of ether oxygens (including phenoxy) is 1. The number of aromatic nitrogens is 2. The van der Waals surface area contributed by atoms with Crippen LogP contribution in [0.3, 0.4) is 0 Å². The van der Waals surface area contributed by atoms with Crippen LogP contribution < -0.4 is 16.0 Å². The zero-order valence-electron chi connectivity index (χ0n) is 15.9. The Morgan fingerprint density at radius 2 is 2.14 bits per heavy atom. The summed E-state index contributed by atoms with van der Waals surface area (Å²) in [5.74, 6) is 0.388. The van der Waals surface area contributed by atoms with Gasteiger partial charge in [-0.05, 0) is 25.1 Å². The van der Waals surface area contributed by atoms with E-state index in [4.69, 9.17) is 10.1 Å². The lowest BCUT2D eigenvalue weighted by atomic mass is 10.2. The van der Waals surface area contributed by atoms with Gasteiger partial charge in [0.05, 0.1) is 25.1 Å². The van der Waals surface area contributed by atoms with Crippen LogP contribution in [-0.4, -0.2) is 66.5 Å². The zero-order valence-corrected chi connectivity index (χ0v) is 15.9. The molecule has 3 heterocycles. The van der Waals surface area contributed by atoms with Crippen LogP contribution in [0.1, 0.15) is 11.3 Å². The molecular weight excluding hydrogens is 358 g/mol. The third-order valence-corrected chi connectivity index (χ3v) is 4.33. The number of hydrogen-bond acceptors (Lipinski definition) is 7. The molecule has 0 radical (unpaired) electrons. The molecule has 3 rings (SSSR count). The number of pyridine rings is 2. The van der Waals surface area contributed by atoms with Gasteiger partial charge in [-0.15, -0.1) is 0 Å². The summed E-state index contributed by atoms with van der Waals surface area (Å²) in [6, 6.07) is 5.09. The second kappa shape index (κ2) is 9.77. The van der Waals surface area contributed by atoms with Gasteiger partial charge in [-0.2, -0.15) is 0 Å². The summed E-state index contributed by atoms with van der Waals surface area (Å²) in [5.41, 5.74) is 3.05. The zero-order chi connectivity index (χ0) is 19.8. The van der Waals surface area contributed by atoms with Gasteiger partial charge in [-0.1, -0.05) is 0 Å². The van der Waals surface area contributed by atoms with Crippen molar-refractivity contribution in [3.8, 4) is 0 Å². The number of rotatable bonds is 7. The van der Waals surface area contributed by atoms with E-state index >= 15 is 0 Å². The first kappa shape index (κ1) is 19.7. The minimum absolute atomic E-state index is 0.317. The molecule has 0 aliphatic carbocycles. The van der Waals surface area contributed by atoms with Crippen molar-refractivity contribution in [2.45, 2.75) is 6.92 Å². The number of carbonyl (C=O) groups excluding carboxylic acids is 1. The Morgan fingerprint density at radius 1 is 1.32 bits per heavy atom. The summed E-state index contributed by atoms with van der Waals surface area (Å²) in [5, 5.41) is 16.4. The van der Waals surface area contributed by atoms with Gasteiger partial charge < -0.3 is 20.8 Å². The monoisotopic (exact) mass is 383 g/mol. The molecule has 2 aromatic heterocycles. The Morgan fingerprint density at radius 3 is 2.89 bits per heavy atom. The summed E-state index contributed by atoms with van der Waals surface area (Å²) < 4.78 is 5.30. The molecule has 9 nitrogen and oxygen atoms in total. The predicted octanol–water partition coefficient (Wildman–Crippen LogP) is 1.98. The second-order valence-electron chi connectivity index (χ2n) is 6.45. The number of nitrogens with one attached hydrogen (secondary N) is 4. The Bertz CT molecular complexity index is 822. The van der Waals surface area contributed by atoms with Crippen molar-refractivity contribution >= 4 is 29.4 Å². The van der Waals surface area contributed by atoms with Crippen molar-refractivity contribution < 1.29 is 9.53 Å². The molecule has 0 aromatic carbocycles. The molecule has 148 valence electrons. The molecule has 0 saturated carbocycles. The summed E-state index contributed by atoms with van der Waals surface area (Å²) in [7, 11) is 0. The molecular formula is C19H25N7O2. The molecule has 1 saturated heterocycles. The third-order valence-electron chi connectivity index (χ3n) is 4.33. The number of amides is 2. The molecule has 0 unspecified atom stereocenters. The lowest BCUT2D eigenvalue weighted by molar-refractivity contribution is 0.0388. The number of aryl methyl sites for hydroxylation is 1. The number of carbonyl (C=O) groups is 1. The van der Waals surface area contributed by atoms with Crippen molar-refractivity contribution in [2.24, 2.45) is 0 Å². The maximum absolute atomic E-state index is 12.1. The molecule has 9 heteroatoms. The van der Waals surface area contributed by atoms with Gasteiger partial charge in [0.1, 0.15) is 5.82 Å². The Kier molecular flexibility index (Phi) is 6.88. The van der Waals surface area contributed by atoms with E-state index in [1.54, 1.807) is 18.5 Å². The summed E-state index contributed by atoms with van der Waals surface area (Å²) in [6.07, 6.45) is 4.53. The van der Waals surface area contributed by atoms with E-state index in [1.165, 1.54) is 6.21 Å². The second-order valence-corrected chi connectivity index (χ2v) is 6.45. The van der Waals surface area contributed by atoms with E-state index < -0.39 is 0 Å². The van der Waals surface area contributed by atoms with E-state index in [0.29, 0.717) is 23.6 Å². The highest BCUT2D eigenvalue weighted by molar-refractivity contribution is 5.92. The highest BCUT2D eigenvalue weighted by Gasteiger charge is 2.11. The van der Waals surface area contributed by atoms with E-state index in [9.17, 15) is 4.79 Å². The lowest BCUT2D eigenvalue weighted by Crippen LogP contribution is -2.42. The van der Waals surface area contributed by atoms with Gasteiger partial charge in [-0.3, -0.25) is 15.2 Å². The smallest absolute Gasteiger partial charge is 0.320 e. The van der Waals surface area contributed by atoms with Crippen LogP contribution in [0.25, 0.3) is 0 Å². The number of anilines is 3. The molecule has 4 N–H and O–H groups in total. The van der Waals surface area contributed by atoms with Gasteiger partial charge >= 0.3 is 6.03 Å². The van der Waals surface area contributed by atoms with Crippen molar-refractivity contribution in [2.75, 3.05) is 50.0 Å². The van der Waals surface area contributed by atoms with Gasteiger partial charge in [0.2, 0.25) is 0 Å². The van der Waals surface area contributed by atoms with E-state index in [2.05, 4.69) is 30.8 Å². The first-order chi connectivity index (χ1) is 13.6. The van der Waals surface area contributed by atoms with Crippen LogP contribution in [0.4, 0.5) is 22.0 Å². The van der Waals surface area contributed by atoms with Gasteiger partial charge in [0, 0.05) is 55.5 Å². The predicted molar refractivity (Wildman–Crippen MR) is 109 cm³/mol. The highest BCUT2D eigenvalue weighted by atomic mass is 16.5. The fraction of sp³-hybridized carbons (Fsp3) is 0.368. The molecule has 2 aromatic rings. The SMILES string of the molecule is Cc1cc(Nc2cnc(NC(=O)NCCN3CCOCC3)cc2C=N)ccn1. The third kappa shape index (κ3) is 5.73. The molecule has 1 aliphatic rings. The molecule has 1 aliphatic heterocycles. The first-order valence-corrected chi connectivity index (χ1v) is 9.19. The number of hydrogen-bond donors (Lipinski definition) is 4. The Balaban J connectivity index is 1.53. The molecule has 0 spiro atoms. The maximum atomic E-state index is 12.1. The number of nitrogens with zero attached hydrogens (tertiary/aromatic N) is 3. The average Bonchev–Trinajstić information content (AvgIpc) is 2.70. The van der Waals surface area contributed by atoms with Crippen molar-refractivity contribution in [1.82, 2.24) is 20.2 Å². The fourth-order valence-electron chi connectivity index (χ4n) is 2.85. The van der Waals surface area contributed by atoms with Crippen molar-refractivity contribution in [3.63, 3.8) is 0 Å². The Hall–Kier alpha value is -3.04. The van der Waals surface area contributed by atoms with Gasteiger partial charge in [0.15, 0.2) is 0 Å². The normalized spacial score (nSPS) is 14.3. The van der Waals surface area contributed by atoms with Crippen LogP contribution in [0.2, 0.25) is 0 Å². The van der Waals surface area contributed by atoms with E-state index in [0.717, 1.165) is 44.2 Å². The van der Waals surface area contributed by atoms with Gasteiger partial charge in [-0.25, -0.2) is 9.78 Å². The van der Waals surface area contributed by atoms with Crippen LogP contribution in [0.15, 0.2) is 30.6 Å². The topological polar surface area (TPSA) is 115 Å². The first-order valence-electron chi connectivity index (χ1n) is 9.19. The standard InChI is InChI=1S/C19H25N7O2/c1-14-10-16(2-3-21-14)24-17-13-23-18(11-15(17)12-20)25-19(27)22-4-5-26-6-8-28-9-7-26/h2-3,10-13,20H,4-9H2,1H3,(H,21,24)(H2,22,23,25,27). The average molecular weight is 383 g/mol. The lowest BCUT2D eigenvalue weighted by Gasteiger charge is -2.26. The van der Waals surface area contributed by atoms with Crippen molar-refractivity contribution in [3.05, 3.63) is 41.9 Å². The maximum Gasteiger partial charge on any atom is 0.320 e. The van der Waals surface area contributed by atoms with Crippen LogP contribution in [0, 0.1) is 12.3 Å². The van der Waals surface area contributed by atoms with E-state index in [1.807, 2.05) is 19.1 Å². The molecule has 1 fully saturated rings. The molecule has 2 amide bonds. The summed E-state index contributed by atoms with van der Waals surface area (Å²) >= 11 is 0. The van der Waals surface area contributed by atoms with Gasteiger partial charge in [0.25, 0.3) is 0 Å². The highest BCUT2D eigenvalue weighted by Crippen LogP contribution is 2.21. The largest absolute Gasteiger partial charge is 0.379 e. The van der Waals surface area contributed by atoms with Crippen LogP contribution in [-0.2, 0) is 4.74 Å². The van der Waals surface area contributed by atoms with Crippen molar-refractivity contribution in [1.29, 1.82) is 5.41 Å². The summed E-state index contributed by atoms with van der Waals surface area (Å²) in [4.78, 5) is 22.8. The minimum atomic E-state index is -0.317. The molecule has 0 bridgehead atoms. The fourth-order valence-corrected chi connectivity index (χ4v) is 2.85. The molecule has 0 atom stereocenters. The quantitative estimate of drug-likeness (QED) is 0.544. The van der Waals surface area contributed by atoms with E-state index in [-0.39, 0.29) is 6.03 Å². The van der Waals surface area contributed by atoms with Crippen LogP contribution in [0.5, 0.6) is 0 Å². The number of urea groups is 1. The molecule has 28 heavy (non-hydrogen) atoms. The van der Waals surface area contributed by atoms with Crippen LogP contribution >= 0.6 is 0 Å². The Labute approximate surface area is 164 Å². The minimum Gasteiger partial charge on any atom is -0.379 e. The number of morpholine rings is 1.